The Kier molecular flexibility index (Phi) is 2.72. The van der Waals surface area contributed by atoms with Crippen molar-refractivity contribution in [3.63, 3.8) is 0 Å². The van der Waals surface area contributed by atoms with Crippen molar-refractivity contribution in [2.75, 3.05) is 13.1 Å². The fraction of sp³-hybridized carbons (Fsp3) is 0.769. The topological polar surface area (TPSA) is 41.1 Å². The molecule has 0 spiro atoms. The van der Waals surface area contributed by atoms with E-state index < -0.39 is 0 Å². The molecule has 1 aliphatic heterocycles. The SMILES string of the molecule is O=C(N[C@H]1CCCNC1)C1CC2C=CC1C2. The van der Waals surface area contributed by atoms with Crippen LogP contribution in [0.25, 0.3) is 0 Å². The Morgan fingerprint density at radius 3 is 2.88 bits per heavy atom. The average Bonchev–Trinajstić information content (AvgIpc) is 2.92. The summed E-state index contributed by atoms with van der Waals surface area (Å²) in [5.74, 6) is 1.77. The third-order valence-corrected chi connectivity index (χ3v) is 4.26. The van der Waals surface area contributed by atoms with Gasteiger partial charge in [-0.1, -0.05) is 12.2 Å². The lowest BCUT2D eigenvalue weighted by molar-refractivity contribution is -0.126. The molecule has 0 radical (unpaired) electrons. The molecule has 3 heteroatoms. The summed E-state index contributed by atoms with van der Waals surface area (Å²) >= 11 is 0. The molecule has 4 atom stereocenters. The second kappa shape index (κ2) is 4.21. The maximum Gasteiger partial charge on any atom is 0.223 e. The molecule has 2 fully saturated rings. The van der Waals surface area contributed by atoms with Crippen LogP contribution in [0.4, 0.5) is 0 Å². The number of nitrogens with one attached hydrogen (secondary N) is 2. The van der Waals surface area contributed by atoms with Crippen molar-refractivity contribution in [3.05, 3.63) is 12.2 Å². The van der Waals surface area contributed by atoms with Crippen molar-refractivity contribution in [1.82, 2.24) is 10.6 Å². The molecule has 0 aromatic rings. The predicted octanol–water partition coefficient (Wildman–Crippen LogP) is 1.07. The largest absolute Gasteiger partial charge is 0.352 e. The van der Waals surface area contributed by atoms with E-state index in [-0.39, 0.29) is 5.92 Å². The Hall–Kier alpha value is -0.830. The van der Waals surface area contributed by atoms with Gasteiger partial charge in [0, 0.05) is 18.5 Å². The summed E-state index contributed by atoms with van der Waals surface area (Å²) in [6.45, 7) is 2.05. The van der Waals surface area contributed by atoms with E-state index in [4.69, 9.17) is 0 Å². The number of rotatable bonds is 2. The van der Waals surface area contributed by atoms with Gasteiger partial charge in [0.25, 0.3) is 0 Å². The first-order valence-corrected chi connectivity index (χ1v) is 6.52. The summed E-state index contributed by atoms with van der Waals surface area (Å²) in [4.78, 5) is 12.1. The number of carbonyl (C=O) groups excluding carboxylic acids is 1. The number of fused-ring (bicyclic) bond motifs is 2. The van der Waals surface area contributed by atoms with Crippen molar-refractivity contribution in [2.45, 2.75) is 31.7 Å². The minimum absolute atomic E-state index is 0.261. The molecule has 1 heterocycles. The summed E-state index contributed by atoms with van der Waals surface area (Å²) in [5.41, 5.74) is 0. The molecule has 88 valence electrons. The highest BCUT2D eigenvalue weighted by Crippen LogP contribution is 2.43. The van der Waals surface area contributed by atoms with Crippen molar-refractivity contribution < 1.29 is 4.79 Å². The smallest absolute Gasteiger partial charge is 0.223 e. The standard InChI is InChI=1S/C13H20N2O/c16-13(15-11-2-1-5-14-8-11)12-7-9-3-4-10(12)6-9/h3-4,9-12,14H,1-2,5-8H2,(H,15,16)/t9?,10?,11-,12?/m0/s1. The van der Waals surface area contributed by atoms with Crippen molar-refractivity contribution in [2.24, 2.45) is 17.8 Å². The van der Waals surface area contributed by atoms with Gasteiger partial charge in [-0.3, -0.25) is 4.79 Å². The van der Waals surface area contributed by atoms with Crippen molar-refractivity contribution >= 4 is 5.91 Å². The highest BCUT2D eigenvalue weighted by Gasteiger charge is 2.40. The van der Waals surface area contributed by atoms with Crippen LogP contribution in [0.2, 0.25) is 0 Å². The summed E-state index contributed by atoms with van der Waals surface area (Å²) in [6.07, 6.45) is 9.14. The first kappa shape index (κ1) is 10.3. The fourth-order valence-electron chi connectivity index (χ4n) is 3.37. The Morgan fingerprint density at radius 1 is 1.31 bits per heavy atom. The van der Waals surface area contributed by atoms with Crippen LogP contribution in [0, 0.1) is 17.8 Å². The van der Waals surface area contributed by atoms with Crippen LogP contribution in [0.1, 0.15) is 25.7 Å². The van der Waals surface area contributed by atoms with Gasteiger partial charge in [0.1, 0.15) is 0 Å². The van der Waals surface area contributed by atoms with Gasteiger partial charge in [0.2, 0.25) is 5.91 Å². The highest BCUT2D eigenvalue weighted by molar-refractivity contribution is 5.80. The predicted molar refractivity (Wildman–Crippen MR) is 62.9 cm³/mol. The molecule has 16 heavy (non-hydrogen) atoms. The normalized spacial score (nSPS) is 41.2. The molecule has 2 N–H and O–H groups in total. The molecular formula is C13H20N2O. The summed E-state index contributed by atoms with van der Waals surface area (Å²) < 4.78 is 0. The molecule has 2 bridgehead atoms. The van der Waals surface area contributed by atoms with Crippen LogP contribution in [-0.4, -0.2) is 25.0 Å². The summed E-state index contributed by atoms with van der Waals surface area (Å²) in [5, 5.41) is 6.55. The van der Waals surface area contributed by atoms with Gasteiger partial charge < -0.3 is 10.6 Å². The second-order valence-corrected chi connectivity index (χ2v) is 5.44. The van der Waals surface area contributed by atoms with E-state index in [0.717, 1.165) is 25.9 Å². The molecular weight excluding hydrogens is 200 g/mol. The van der Waals surface area contributed by atoms with Gasteiger partial charge in [-0.2, -0.15) is 0 Å². The molecule has 0 aromatic carbocycles. The first-order valence-electron chi connectivity index (χ1n) is 6.52. The molecule has 3 aliphatic rings. The number of amides is 1. The third kappa shape index (κ3) is 1.88. The quantitative estimate of drug-likeness (QED) is 0.683. The summed E-state index contributed by atoms with van der Waals surface area (Å²) in [6, 6.07) is 0.365. The lowest BCUT2D eigenvalue weighted by Gasteiger charge is -2.26. The number of hydrogen-bond acceptors (Lipinski definition) is 2. The van der Waals surface area contributed by atoms with E-state index >= 15 is 0 Å². The Labute approximate surface area is 96.7 Å². The Balaban J connectivity index is 1.55. The number of carbonyl (C=O) groups is 1. The van der Waals surface area contributed by atoms with Crippen LogP contribution in [0.3, 0.4) is 0 Å². The molecule has 3 unspecified atom stereocenters. The van der Waals surface area contributed by atoms with Crippen molar-refractivity contribution in [3.8, 4) is 0 Å². The van der Waals surface area contributed by atoms with E-state index in [1.807, 2.05) is 0 Å². The maximum atomic E-state index is 12.1. The minimum atomic E-state index is 0.261. The van der Waals surface area contributed by atoms with E-state index in [2.05, 4.69) is 22.8 Å². The van der Waals surface area contributed by atoms with E-state index in [1.165, 1.54) is 12.8 Å². The van der Waals surface area contributed by atoms with Gasteiger partial charge in [-0.05, 0) is 44.1 Å². The lowest BCUT2D eigenvalue weighted by Crippen LogP contribution is -2.47. The molecule has 1 amide bonds. The van der Waals surface area contributed by atoms with Crippen LogP contribution in [0.15, 0.2) is 12.2 Å². The molecule has 2 aliphatic carbocycles. The molecule has 3 rings (SSSR count). The lowest BCUT2D eigenvalue weighted by atomic mass is 9.92. The Morgan fingerprint density at radius 2 is 2.25 bits per heavy atom. The van der Waals surface area contributed by atoms with Crippen LogP contribution >= 0.6 is 0 Å². The average molecular weight is 220 g/mol. The van der Waals surface area contributed by atoms with Gasteiger partial charge in [0.05, 0.1) is 0 Å². The van der Waals surface area contributed by atoms with Gasteiger partial charge >= 0.3 is 0 Å². The zero-order valence-corrected chi connectivity index (χ0v) is 9.61. The molecule has 3 nitrogen and oxygen atoms in total. The molecule has 1 saturated carbocycles. The van der Waals surface area contributed by atoms with Crippen LogP contribution in [0.5, 0.6) is 0 Å². The summed E-state index contributed by atoms with van der Waals surface area (Å²) in [7, 11) is 0. The first-order chi connectivity index (χ1) is 7.83. The van der Waals surface area contributed by atoms with Crippen LogP contribution < -0.4 is 10.6 Å². The van der Waals surface area contributed by atoms with Gasteiger partial charge in [-0.25, -0.2) is 0 Å². The number of hydrogen-bond donors (Lipinski definition) is 2. The number of allylic oxidation sites excluding steroid dienone is 2. The minimum Gasteiger partial charge on any atom is -0.352 e. The van der Waals surface area contributed by atoms with Crippen LogP contribution in [-0.2, 0) is 4.79 Å². The van der Waals surface area contributed by atoms with Gasteiger partial charge in [0.15, 0.2) is 0 Å². The van der Waals surface area contributed by atoms with Crippen molar-refractivity contribution in [1.29, 1.82) is 0 Å². The second-order valence-electron chi connectivity index (χ2n) is 5.44. The molecule has 1 saturated heterocycles. The highest BCUT2D eigenvalue weighted by atomic mass is 16.2. The Bertz CT molecular complexity index is 307. The van der Waals surface area contributed by atoms with E-state index in [1.54, 1.807) is 0 Å². The fourth-order valence-corrected chi connectivity index (χ4v) is 3.37. The maximum absolute atomic E-state index is 12.1. The van der Waals surface area contributed by atoms with E-state index in [9.17, 15) is 4.79 Å². The monoisotopic (exact) mass is 220 g/mol. The number of piperidine rings is 1. The zero-order chi connectivity index (χ0) is 11.0. The third-order valence-electron chi connectivity index (χ3n) is 4.26. The zero-order valence-electron chi connectivity index (χ0n) is 9.61. The van der Waals surface area contributed by atoms with Gasteiger partial charge in [-0.15, -0.1) is 0 Å². The molecule has 0 aromatic heterocycles. The van der Waals surface area contributed by atoms with E-state index in [0.29, 0.717) is 23.8 Å².